The van der Waals surface area contributed by atoms with Gasteiger partial charge in [-0.25, -0.2) is 9.97 Å². The Balaban J connectivity index is 1.55. The van der Waals surface area contributed by atoms with E-state index in [2.05, 4.69) is 14.9 Å². The quantitative estimate of drug-likeness (QED) is 0.786. The van der Waals surface area contributed by atoms with Gasteiger partial charge in [0.25, 0.3) is 0 Å². The highest BCUT2D eigenvalue weighted by molar-refractivity contribution is 5.89. The highest BCUT2D eigenvalue weighted by atomic mass is 16.2. The Labute approximate surface area is 129 Å². The average molecular weight is 303 g/mol. The molecule has 118 valence electrons. The van der Waals surface area contributed by atoms with Crippen LogP contribution < -0.4 is 4.90 Å². The summed E-state index contributed by atoms with van der Waals surface area (Å²) in [4.78, 5) is 38.5. The molecule has 2 amide bonds. The van der Waals surface area contributed by atoms with E-state index in [-0.39, 0.29) is 17.7 Å². The average Bonchev–Trinajstić information content (AvgIpc) is 2.96. The smallest absolute Gasteiger partial charge is 0.228 e. The van der Waals surface area contributed by atoms with Crippen LogP contribution >= 0.6 is 0 Å². The Bertz CT molecular complexity index is 542. The minimum absolute atomic E-state index is 0.0946. The van der Waals surface area contributed by atoms with Crippen LogP contribution in [0.3, 0.4) is 0 Å². The first-order valence-electron chi connectivity index (χ1n) is 7.77. The second kappa shape index (κ2) is 6.29. The molecular formula is C15H21N5O2. The van der Waals surface area contributed by atoms with Gasteiger partial charge in [-0.15, -0.1) is 0 Å². The lowest BCUT2D eigenvalue weighted by molar-refractivity contribution is -0.136. The number of amides is 2. The number of anilines is 1. The molecule has 0 bridgehead atoms. The standard InChI is InChI=1S/C15H21N5O2/c1-2-18-11-12(10-13(18)21)14(22)19-6-8-20(9-7-19)15-16-4-3-5-17-15/h3-5,12H,2,6-11H2,1H3/t12-/m1/s1. The second-order valence-electron chi connectivity index (χ2n) is 5.69. The minimum Gasteiger partial charge on any atom is -0.342 e. The maximum Gasteiger partial charge on any atom is 0.228 e. The molecule has 0 saturated carbocycles. The van der Waals surface area contributed by atoms with Crippen LogP contribution in [0, 0.1) is 5.92 Å². The first-order chi connectivity index (χ1) is 10.7. The summed E-state index contributed by atoms with van der Waals surface area (Å²) in [5.41, 5.74) is 0. The van der Waals surface area contributed by atoms with Crippen LogP contribution in [0.5, 0.6) is 0 Å². The summed E-state index contributed by atoms with van der Waals surface area (Å²) >= 11 is 0. The van der Waals surface area contributed by atoms with Crippen molar-refractivity contribution in [3.8, 4) is 0 Å². The molecule has 3 rings (SSSR count). The van der Waals surface area contributed by atoms with Gasteiger partial charge in [0.2, 0.25) is 17.8 Å². The van der Waals surface area contributed by atoms with Crippen LogP contribution in [0.2, 0.25) is 0 Å². The molecule has 0 unspecified atom stereocenters. The van der Waals surface area contributed by atoms with Gasteiger partial charge < -0.3 is 14.7 Å². The Morgan fingerprint density at radius 1 is 1.23 bits per heavy atom. The van der Waals surface area contributed by atoms with Crippen LogP contribution in [0.25, 0.3) is 0 Å². The van der Waals surface area contributed by atoms with E-state index in [1.54, 1.807) is 23.4 Å². The maximum absolute atomic E-state index is 12.5. The number of rotatable bonds is 3. The number of carbonyl (C=O) groups excluding carboxylic acids is 2. The Morgan fingerprint density at radius 2 is 1.91 bits per heavy atom. The van der Waals surface area contributed by atoms with Crippen molar-refractivity contribution in [1.29, 1.82) is 0 Å². The monoisotopic (exact) mass is 303 g/mol. The lowest BCUT2D eigenvalue weighted by Gasteiger charge is -2.35. The van der Waals surface area contributed by atoms with Crippen molar-refractivity contribution in [3.63, 3.8) is 0 Å². The van der Waals surface area contributed by atoms with E-state index >= 15 is 0 Å². The molecule has 22 heavy (non-hydrogen) atoms. The Kier molecular flexibility index (Phi) is 4.22. The van der Waals surface area contributed by atoms with E-state index in [1.165, 1.54) is 0 Å². The largest absolute Gasteiger partial charge is 0.342 e. The number of hydrogen-bond acceptors (Lipinski definition) is 5. The highest BCUT2D eigenvalue weighted by Crippen LogP contribution is 2.21. The third-order valence-corrected chi connectivity index (χ3v) is 4.37. The zero-order valence-electron chi connectivity index (χ0n) is 12.8. The number of likely N-dealkylation sites (tertiary alicyclic amines) is 1. The summed E-state index contributed by atoms with van der Waals surface area (Å²) in [6, 6.07) is 1.79. The minimum atomic E-state index is -0.174. The zero-order chi connectivity index (χ0) is 15.5. The SMILES string of the molecule is CCN1C[C@H](C(=O)N2CCN(c3ncccn3)CC2)CC1=O. The number of aromatic nitrogens is 2. The first kappa shape index (κ1) is 14.7. The van der Waals surface area contributed by atoms with Crippen molar-refractivity contribution in [3.05, 3.63) is 18.5 Å². The molecule has 2 saturated heterocycles. The molecule has 0 radical (unpaired) electrons. The second-order valence-corrected chi connectivity index (χ2v) is 5.69. The van der Waals surface area contributed by atoms with E-state index in [4.69, 9.17) is 0 Å². The molecular weight excluding hydrogens is 282 g/mol. The number of piperazine rings is 1. The van der Waals surface area contributed by atoms with Crippen molar-refractivity contribution in [2.75, 3.05) is 44.2 Å². The molecule has 7 nitrogen and oxygen atoms in total. The van der Waals surface area contributed by atoms with Crippen molar-refractivity contribution < 1.29 is 9.59 Å². The lowest BCUT2D eigenvalue weighted by atomic mass is 10.1. The summed E-state index contributed by atoms with van der Waals surface area (Å²) in [5.74, 6) is 0.741. The van der Waals surface area contributed by atoms with Gasteiger partial charge in [0.1, 0.15) is 0 Å². The van der Waals surface area contributed by atoms with Gasteiger partial charge in [-0.1, -0.05) is 0 Å². The number of nitrogens with zero attached hydrogens (tertiary/aromatic N) is 5. The Hall–Kier alpha value is -2.18. The van der Waals surface area contributed by atoms with Gasteiger partial charge in [-0.2, -0.15) is 0 Å². The molecule has 3 heterocycles. The summed E-state index contributed by atoms with van der Waals surface area (Å²) in [6.45, 7) is 5.98. The third kappa shape index (κ3) is 2.88. The van der Waals surface area contributed by atoms with Crippen molar-refractivity contribution in [2.45, 2.75) is 13.3 Å². The molecule has 1 atom stereocenters. The fourth-order valence-corrected chi connectivity index (χ4v) is 3.08. The summed E-state index contributed by atoms with van der Waals surface area (Å²) in [6.07, 6.45) is 3.81. The van der Waals surface area contributed by atoms with Crippen molar-refractivity contribution in [1.82, 2.24) is 19.8 Å². The van der Waals surface area contributed by atoms with Gasteiger partial charge in [-0.3, -0.25) is 9.59 Å². The molecule has 2 aliphatic heterocycles. The van der Waals surface area contributed by atoms with Gasteiger partial charge in [0.15, 0.2) is 0 Å². The number of hydrogen-bond donors (Lipinski definition) is 0. The molecule has 1 aromatic heterocycles. The molecule has 0 spiro atoms. The van der Waals surface area contributed by atoms with Crippen LogP contribution in [-0.2, 0) is 9.59 Å². The predicted molar refractivity (Wildman–Crippen MR) is 81.2 cm³/mol. The fraction of sp³-hybridized carbons (Fsp3) is 0.600. The first-order valence-corrected chi connectivity index (χ1v) is 7.77. The molecule has 0 N–H and O–H groups in total. The van der Waals surface area contributed by atoms with Gasteiger partial charge in [0.05, 0.1) is 5.92 Å². The number of carbonyl (C=O) groups is 2. The summed E-state index contributed by atoms with van der Waals surface area (Å²) in [7, 11) is 0. The fourth-order valence-electron chi connectivity index (χ4n) is 3.08. The van der Waals surface area contributed by atoms with Crippen molar-refractivity contribution >= 4 is 17.8 Å². The summed E-state index contributed by atoms with van der Waals surface area (Å²) < 4.78 is 0. The molecule has 0 aromatic carbocycles. The van der Waals surface area contributed by atoms with Crippen LogP contribution in [0.15, 0.2) is 18.5 Å². The van der Waals surface area contributed by atoms with E-state index in [9.17, 15) is 9.59 Å². The molecule has 2 fully saturated rings. The highest BCUT2D eigenvalue weighted by Gasteiger charge is 2.36. The molecule has 2 aliphatic rings. The summed E-state index contributed by atoms with van der Waals surface area (Å²) in [5, 5.41) is 0. The van der Waals surface area contributed by atoms with Crippen LogP contribution in [0.1, 0.15) is 13.3 Å². The van der Waals surface area contributed by atoms with E-state index < -0.39 is 0 Å². The van der Waals surface area contributed by atoms with E-state index in [0.29, 0.717) is 38.5 Å². The van der Waals surface area contributed by atoms with Crippen LogP contribution in [0.4, 0.5) is 5.95 Å². The van der Waals surface area contributed by atoms with E-state index in [1.807, 2.05) is 11.8 Å². The molecule has 7 heteroatoms. The van der Waals surface area contributed by atoms with E-state index in [0.717, 1.165) is 13.1 Å². The topological polar surface area (TPSA) is 69.6 Å². The third-order valence-electron chi connectivity index (χ3n) is 4.37. The van der Waals surface area contributed by atoms with Gasteiger partial charge in [-0.05, 0) is 13.0 Å². The Morgan fingerprint density at radius 3 is 2.50 bits per heavy atom. The van der Waals surface area contributed by atoms with Crippen LogP contribution in [-0.4, -0.2) is 70.9 Å². The molecule has 0 aliphatic carbocycles. The molecule has 1 aromatic rings. The lowest BCUT2D eigenvalue weighted by Crippen LogP contribution is -2.51. The maximum atomic E-state index is 12.5. The predicted octanol–water partition coefficient (Wildman–Crippen LogP) is -0.00640. The van der Waals surface area contributed by atoms with Crippen molar-refractivity contribution in [2.24, 2.45) is 5.92 Å². The zero-order valence-corrected chi connectivity index (χ0v) is 12.8. The normalized spacial score (nSPS) is 22.3. The van der Waals surface area contributed by atoms with Gasteiger partial charge >= 0.3 is 0 Å². The van der Waals surface area contributed by atoms with Gasteiger partial charge in [0, 0.05) is 58.1 Å².